The van der Waals surface area contributed by atoms with Gasteiger partial charge in [0, 0.05) is 5.54 Å². The smallest absolute Gasteiger partial charge is 0.320 e. The number of carbonyl (C=O) groups is 2. The van der Waals surface area contributed by atoms with Crippen LogP contribution in [0.3, 0.4) is 0 Å². The molecule has 1 aromatic carbocycles. The quantitative estimate of drug-likeness (QED) is 0.746. The van der Waals surface area contributed by atoms with Gasteiger partial charge in [-0.15, -0.1) is 0 Å². The Morgan fingerprint density at radius 1 is 1.30 bits per heavy atom. The van der Waals surface area contributed by atoms with Gasteiger partial charge in [-0.2, -0.15) is 0 Å². The van der Waals surface area contributed by atoms with Gasteiger partial charge >= 0.3 is 11.9 Å². The molecule has 0 amide bonds. The maximum Gasteiger partial charge on any atom is 0.320 e. The van der Waals surface area contributed by atoms with E-state index in [4.69, 9.17) is 9.84 Å². The fraction of sp³-hybridized carbons (Fsp3) is 0.467. The van der Waals surface area contributed by atoms with Gasteiger partial charge in [-0.3, -0.25) is 14.9 Å². The van der Waals surface area contributed by atoms with E-state index in [0.717, 1.165) is 5.56 Å². The predicted octanol–water partition coefficient (Wildman–Crippen LogP) is 1.96. The van der Waals surface area contributed by atoms with E-state index in [1.165, 1.54) is 0 Å². The van der Waals surface area contributed by atoms with Crippen LogP contribution in [-0.4, -0.2) is 28.6 Å². The molecular formula is C15H21NO4. The third-order valence-corrected chi connectivity index (χ3v) is 2.81. The van der Waals surface area contributed by atoms with Crippen LogP contribution in [0.2, 0.25) is 0 Å². The molecule has 5 heteroatoms. The zero-order valence-corrected chi connectivity index (χ0v) is 12.1. The number of rotatable bonds is 7. The molecule has 0 saturated carbocycles. The largest absolute Gasteiger partial charge is 0.480 e. The summed E-state index contributed by atoms with van der Waals surface area (Å²) in [7, 11) is 0. The number of esters is 1. The van der Waals surface area contributed by atoms with Crippen LogP contribution >= 0.6 is 0 Å². The number of aliphatic carboxylic acids is 1. The number of ether oxygens (including phenoxy) is 1. The predicted molar refractivity (Wildman–Crippen MR) is 75.2 cm³/mol. The summed E-state index contributed by atoms with van der Waals surface area (Å²) in [5.41, 5.74) is 0.288. The van der Waals surface area contributed by atoms with Crippen molar-refractivity contribution in [3.05, 3.63) is 35.9 Å². The first-order valence-corrected chi connectivity index (χ1v) is 6.50. The fourth-order valence-electron chi connectivity index (χ4n) is 1.85. The van der Waals surface area contributed by atoms with Crippen molar-refractivity contribution in [3.8, 4) is 0 Å². The average molecular weight is 279 g/mol. The van der Waals surface area contributed by atoms with Crippen LogP contribution in [-0.2, 0) is 20.9 Å². The van der Waals surface area contributed by atoms with Gasteiger partial charge in [0.25, 0.3) is 0 Å². The van der Waals surface area contributed by atoms with Gasteiger partial charge in [-0.05, 0) is 26.3 Å². The van der Waals surface area contributed by atoms with Crippen molar-refractivity contribution < 1.29 is 19.4 Å². The number of hydrogen-bond donors (Lipinski definition) is 2. The standard InChI is InChI=1S/C15H21NO4/c1-11(14(18)19)16-15(2,3)9-13(17)20-10-12-7-5-4-6-8-12/h4-8,11,16H,9-10H2,1-3H3,(H,18,19)/t11-/m0/s1. The summed E-state index contributed by atoms with van der Waals surface area (Å²) in [4.78, 5) is 22.6. The first kappa shape index (κ1) is 16.2. The molecule has 0 aromatic heterocycles. The van der Waals surface area contributed by atoms with Gasteiger partial charge in [0.1, 0.15) is 12.6 Å². The minimum atomic E-state index is -0.948. The second kappa shape index (κ2) is 7.05. The molecule has 0 aliphatic rings. The maximum atomic E-state index is 11.8. The minimum absolute atomic E-state index is 0.109. The number of benzene rings is 1. The molecule has 20 heavy (non-hydrogen) atoms. The molecule has 0 spiro atoms. The topological polar surface area (TPSA) is 75.6 Å². The van der Waals surface area contributed by atoms with Crippen molar-refractivity contribution in [2.24, 2.45) is 0 Å². The van der Waals surface area contributed by atoms with Gasteiger partial charge < -0.3 is 9.84 Å². The third kappa shape index (κ3) is 5.84. The molecule has 0 saturated heterocycles. The average Bonchev–Trinajstić information content (AvgIpc) is 2.36. The first-order chi connectivity index (χ1) is 9.30. The molecule has 1 atom stereocenters. The summed E-state index contributed by atoms with van der Waals surface area (Å²) in [6, 6.07) is 8.69. The van der Waals surface area contributed by atoms with Crippen LogP contribution in [0.15, 0.2) is 30.3 Å². The summed E-state index contributed by atoms with van der Waals surface area (Å²) in [6.07, 6.45) is 0.109. The second-order valence-electron chi connectivity index (χ2n) is 5.41. The van der Waals surface area contributed by atoms with Gasteiger partial charge in [0.2, 0.25) is 0 Å². The van der Waals surface area contributed by atoms with Crippen molar-refractivity contribution in [1.82, 2.24) is 5.32 Å². The normalized spacial score (nSPS) is 12.8. The maximum absolute atomic E-state index is 11.8. The molecule has 110 valence electrons. The zero-order valence-electron chi connectivity index (χ0n) is 12.1. The Balaban J connectivity index is 2.42. The van der Waals surface area contributed by atoms with Crippen molar-refractivity contribution in [2.45, 2.75) is 45.4 Å². The Labute approximate surface area is 118 Å². The number of carbonyl (C=O) groups excluding carboxylic acids is 1. The van der Waals surface area contributed by atoms with Crippen molar-refractivity contribution in [2.75, 3.05) is 0 Å². The molecule has 1 aromatic rings. The summed E-state index contributed by atoms with van der Waals surface area (Å²) in [6.45, 7) is 5.32. The Hall–Kier alpha value is -1.88. The molecule has 5 nitrogen and oxygen atoms in total. The zero-order chi connectivity index (χ0) is 15.2. The molecule has 2 N–H and O–H groups in total. The van der Waals surface area contributed by atoms with Gasteiger partial charge in [0.15, 0.2) is 0 Å². The highest BCUT2D eigenvalue weighted by Gasteiger charge is 2.26. The van der Waals surface area contributed by atoms with E-state index in [1.807, 2.05) is 30.3 Å². The summed E-state index contributed by atoms with van der Waals surface area (Å²) in [5.74, 6) is -1.31. The lowest BCUT2D eigenvalue weighted by atomic mass is 9.99. The Bertz CT molecular complexity index is 456. The lowest BCUT2D eigenvalue weighted by Gasteiger charge is -2.27. The number of carboxylic acids is 1. The molecular weight excluding hydrogens is 258 g/mol. The lowest BCUT2D eigenvalue weighted by Crippen LogP contribution is -2.49. The number of carboxylic acid groups (broad SMARTS) is 1. The first-order valence-electron chi connectivity index (χ1n) is 6.50. The highest BCUT2D eigenvalue weighted by molar-refractivity contribution is 5.74. The van der Waals surface area contributed by atoms with E-state index in [9.17, 15) is 9.59 Å². The molecule has 1 rings (SSSR count). The Kier molecular flexibility index (Phi) is 5.70. The molecule has 0 aliphatic heterocycles. The van der Waals surface area contributed by atoms with Crippen LogP contribution in [0.25, 0.3) is 0 Å². The summed E-state index contributed by atoms with van der Waals surface area (Å²) >= 11 is 0. The van der Waals surface area contributed by atoms with Crippen LogP contribution in [0, 0.1) is 0 Å². The highest BCUT2D eigenvalue weighted by atomic mass is 16.5. The van der Waals surface area contributed by atoms with E-state index in [-0.39, 0.29) is 19.0 Å². The van der Waals surface area contributed by atoms with E-state index in [2.05, 4.69) is 5.32 Å². The van der Waals surface area contributed by atoms with Crippen molar-refractivity contribution in [1.29, 1.82) is 0 Å². The number of hydrogen-bond acceptors (Lipinski definition) is 4. The highest BCUT2D eigenvalue weighted by Crippen LogP contribution is 2.12. The van der Waals surface area contributed by atoms with Crippen molar-refractivity contribution >= 4 is 11.9 Å². The van der Waals surface area contributed by atoms with E-state index < -0.39 is 17.6 Å². The second-order valence-corrected chi connectivity index (χ2v) is 5.41. The SMILES string of the molecule is C[C@H](NC(C)(C)CC(=O)OCc1ccccc1)C(=O)O. The van der Waals surface area contributed by atoms with Crippen molar-refractivity contribution in [3.63, 3.8) is 0 Å². The molecule has 0 aliphatic carbocycles. The Morgan fingerprint density at radius 2 is 1.90 bits per heavy atom. The van der Waals surface area contributed by atoms with Crippen LogP contribution in [0.5, 0.6) is 0 Å². The van der Waals surface area contributed by atoms with Gasteiger partial charge in [-0.25, -0.2) is 0 Å². The van der Waals surface area contributed by atoms with Gasteiger partial charge in [0.05, 0.1) is 6.42 Å². The molecule has 0 radical (unpaired) electrons. The van der Waals surface area contributed by atoms with E-state index in [0.29, 0.717) is 0 Å². The van der Waals surface area contributed by atoms with Crippen LogP contribution < -0.4 is 5.32 Å². The molecule has 0 bridgehead atoms. The molecule has 0 fully saturated rings. The van der Waals surface area contributed by atoms with Crippen LogP contribution in [0.4, 0.5) is 0 Å². The monoisotopic (exact) mass is 279 g/mol. The number of nitrogens with one attached hydrogen (secondary N) is 1. The van der Waals surface area contributed by atoms with E-state index in [1.54, 1.807) is 20.8 Å². The van der Waals surface area contributed by atoms with E-state index >= 15 is 0 Å². The lowest BCUT2D eigenvalue weighted by molar-refractivity contribution is -0.147. The summed E-state index contributed by atoms with van der Waals surface area (Å²) < 4.78 is 5.18. The fourth-order valence-corrected chi connectivity index (χ4v) is 1.85. The molecule has 0 unspecified atom stereocenters. The van der Waals surface area contributed by atoms with Gasteiger partial charge in [-0.1, -0.05) is 30.3 Å². The Morgan fingerprint density at radius 3 is 2.45 bits per heavy atom. The summed E-state index contributed by atoms with van der Waals surface area (Å²) in [5, 5.41) is 11.7. The van der Waals surface area contributed by atoms with Crippen LogP contribution in [0.1, 0.15) is 32.8 Å². The minimum Gasteiger partial charge on any atom is -0.480 e. The third-order valence-electron chi connectivity index (χ3n) is 2.81. The molecule has 0 heterocycles.